The number of oxazole rings is 1. The lowest BCUT2D eigenvalue weighted by atomic mass is 10.2. The maximum Gasteiger partial charge on any atom is 0.297 e. The zero-order valence-electron chi connectivity index (χ0n) is 11.8. The van der Waals surface area contributed by atoms with Crippen molar-refractivity contribution in [1.29, 1.82) is 0 Å². The molecule has 21 heavy (non-hydrogen) atoms. The Labute approximate surface area is 128 Å². The van der Waals surface area contributed by atoms with Gasteiger partial charge in [0.25, 0.3) is 6.01 Å². The number of benzene rings is 1. The van der Waals surface area contributed by atoms with Gasteiger partial charge in [0.2, 0.25) is 5.91 Å². The number of halogens is 1. The van der Waals surface area contributed by atoms with E-state index in [1.165, 1.54) is 0 Å². The van der Waals surface area contributed by atoms with Crippen LogP contribution in [0.15, 0.2) is 34.9 Å². The first-order chi connectivity index (χ1) is 10.1. The molecule has 0 atom stereocenters. The zero-order valence-corrected chi connectivity index (χ0v) is 12.5. The van der Waals surface area contributed by atoms with Crippen molar-refractivity contribution >= 4 is 23.5 Å². The van der Waals surface area contributed by atoms with Gasteiger partial charge in [0.1, 0.15) is 0 Å². The molecule has 0 spiro atoms. The predicted molar refractivity (Wildman–Crippen MR) is 81.4 cm³/mol. The van der Waals surface area contributed by atoms with Crippen molar-refractivity contribution in [2.75, 3.05) is 31.1 Å². The van der Waals surface area contributed by atoms with Crippen LogP contribution in [0.5, 0.6) is 0 Å². The van der Waals surface area contributed by atoms with E-state index in [9.17, 15) is 4.79 Å². The molecule has 1 aliphatic heterocycles. The quantitative estimate of drug-likeness (QED) is 0.856. The van der Waals surface area contributed by atoms with Crippen molar-refractivity contribution in [3.63, 3.8) is 0 Å². The molecule has 0 saturated carbocycles. The van der Waals surface area contributed by atoms with E-state index in [4.69, 9.17) is 16.0 Å². The number of aromatic nitrogens is 1. The first-order valence-electron chi connectivity index (χ1n) is 6.86. The molecule has 0 N–H and O–H groups in total. The van der Waals surface area contributed by atoms with E-state index in [-0.39, 0.29) is 5.91 Å². The second-order valence-corrected chi connectivity index (χ2v) is 5.44. The summed E-state index contributed by atoms with van der Waals surface area (Å²) in [6.45, 7) is 4.47. The summed E-state index contributed by atoms with van der Waals surface area (Å²) in [5, 5.41) is 0.693. The average molecular weight is 306 g/mol. The highest BCUT2D eigenvalue weighted by Gasteiger charge is 2.22. The molecule has 0 unspecified atom stereocenters. The number of carbonyl (C=O) groups is 1. The van der Waals surface area contributed by atoms with Gasteiger partial charge in [-0.15, -0.1) is 0 Å². The third-order valence-corrected chi connectivity index (χ3v) is 3.87. The smallest absolute Gasteiger partial charge is 0.297 e. The molecule has 1 aromatic carbocycles. The highest BCUT2D eigenvalue weighted by atomic mass is 35.5. The fourth-order valence-corrected chi connectivity index (χ4v) is 2.50. The van der Waals surface area contributed by atoms with Crippen LogP contribution in [-0.2, 0) is 4.79 Å². The molecule has 5 nitrogen and oxygen atoms in total. The Balaban J connectivity index is 1.71. The standard InChI is InChI=1S/C15H16ClN3O2/c1-11(20)18-6-8-19(9-7-18)15-17-10-14(21-15)12-2-4-13(16)5-3-12/h2-5,10H,6-9H2,1H3. The maximum absolute atomic E-state index is 11.3. The number of amides is 1. The predicted octanol–water partition coefficient (Wildman–Crippen LogP) is 2.66. The average Bonchev–Trinajstić information content (AvgIpc) is 2.98. The van der Waals surface area contributed by atoms with Crippen molar-refractivity contribution < 1.29 is 9.21 Å². The minimum atomic E-state index is 0.115. The number of nitrogens with zero attached hydrogens (tertiary/aromatic N) is 3. The number of anilines is 1. The van der Waals surface area contributed by atoms with Gasteiger partial charge in [0.15, 0.2) is 5.76 Å². The number of piperazine rings is 1. The molecule has 1 aromatic heterocycles. The zero-order chi connectivity index (χ0) is 14.8. The summed E-state index contributed by atoms with van der Waals surface area (Å²) in [7, 11) is 0. The summed E-state index contributed by atoms with van der Waals surface area (Å²) in [5.74, 6) is 0.833. The third kappa shape index (κ3) is 3.03. The van der Waals surface area contributed by atoms with Crippen LogP contribution in [0.1, 0.15) is 6.92 Å². The Morgan fingerprint density at radius 2 is 1.86 bits per heavy atom. The summed E-state index contributed by atoms with van der Waals surface area (Å²) in [6, 6.07) is 8.05. The van der Waals surface area contributed by atoms with Gasteiger partial charge in [-0.05, 0) is 24.3 Å². The van der Waals surface area contributed by atoms with Crippen LogP contribution in [0.2, 0.25) is 5.02 Å². The third-order valence-electron chi connectivity index (χ3n) is 3.62. The van der Waals surface area contributed by atoms with Crippen molar-refractivity contribution in [2.24, 2.45) is 0 Å². The van der Waals surface area contributed by atoms with E-state index in [1.807, 2.05) is 29.2 Å². The van der Waals surface area contributed by atoms with Gasteiger partial charge in [-0.3, -0.25) is 4.79 Å². The van der Waals surface area contributed by atoms with E-state index in [0.29, 0.717) is 24.1 Å². The molecule has 0 bridgehead atoms. The lowest BCUT2D eigenvalue weighted by Gasteiger charge is -2.33. The molecule has 1 fully saturated rings. The summed E-state index contributed by atoms with van der Waals surface area (Å²) < 4.78 is 5.81. The van der Waals surface area contributed by atoms with Crippen LogP contribution in [0.25, 0.3) is 11.3 Å². The van der Waals surface area contributed by atoms with Gasteiger partial charge in [0.05, 0.1) is 6.20 Å². The van der Waals surface area contributed by atoms with Gasteiger partial charge in [-0.1, -0.05) is 11.6 Å². The summed E-state index contributed by atoms with van der Waals surface area (Å²) >= 11 is 5.88. The van der Waals surface area contributed by atoms with Crippen molar-refractivity contribution in [3.8, 4) is 11.3 Å². The summed E-state index contributed by atoms with van der Waals surface area (Å²) in [4.78, 5) is 19.5. The molecule has 0 aliphatic carbocycles. The molecular formula is C15H16ClN3O2. The van der Waals surface area contributed by atoms with Crippen molar-refractivity contribution in [2.45, 2.75) is 6.92 Å². The minimum Gasteiger partial charge on any atom is -0.423 e. The molecule has 2 heterocycles. The maximum atomic E-state index is 11.3. The number of hydrogen-bond acceptors (Lipinski definition) is 4. The largest absolute Gasteiger partial charge is 0.423 e. The van der Waals surface area contributed by atoms with Crippen LogP contribution < -0.4 is 4.90 Å². The first kappa shape index (κ1) is 13.9. The SMILES string of the molecule is CC(=O)N1CCN(c2ncc(-c3ccc(Cl)cc3)o2)CC1. The Morgan fingerprint density at radius 3 is 2.48 bits per heavy atom. The second-order valence-electron chi connectivity index (χ2n) is 5.01. The fraction of sp³-hybridized carbons (Fsp3) is 0.333. The number of rotatable bonds is 2. The van der Waals surface area contributed by atoms with E-state index in [1.54, 1.807) is 13.1 Å². The van der Waals surface area contributed by atoms with Gasteiger partial charge in [0, 0.05) is 43.7 Å². The molecule has 3 rings (SSSR count). The Hall–Kier alpha value is -2.01. The van der Waals surface area contributed by atoms with Gasteiger partial charge in [-0.2, -0.15) is 0 Å². The molecule has 110 valence electrons. The number of carbonyl (C=O) groups excluding carboxylic acids is 1. The molecule has 2 aromatic rings. The van der Waals surface area contributed by atoms with E-state index in [0.717, 1.165) is 24.4 Å². The minimum absolute atomic E-state index is 0.115. The van der Waals surface area contributed by atoms with E-state index < -0.39 is 0 Å². The van der Waals surface area contributed by atoms with Crippen molar-refractivity contribution in [1.82, 2.24) is 9.88 Å². The normalized spacial score (nSPS) is 15.3. The highest BCUT2D eigenvalue weighted by molar-refractivity contribution is 6.30. The van der Waals surface area contributed by atoms with Crippen LogP contribution in [0, 0.1) is 0 Å². The highest BCUT2D eigenvalue weighted by Crippen LogP contribution is 2.26. The topological polar surface area (TPSA) is 49.6 Å². The monoisotopic (exact) mass is 305 g/mol. The molecule has 0 radical (unpaired) electrons. The van der Waals surface area contributed by atoms with Crippen LogP contribution in [0.3, 0.4) is 0 Å². The number of hydrogen-bond donors (Lipinski definition) is 0. The van der Waals surface area contributed by atoms with Crippen LogP contribution in [0.4, 0.5) is 6.01 Å². The van der Waals surface area contributed by atoms with Gasteiger partial charge >= 0.3 is 0 Å². The summed E-state index contributed by atoms with van der Waals surface area (Å²) in [6.07, 6.45) is 1.72. The molecule has 1 aliphatic rings. The van der Waals surface area contributed by atoms with Crippen LogP contribution in [-0.4, -0.2) is 42.0 Å². The van der Waals surface area contributed by atoms with E-state index in [2.05, 4.69) is 9.88 Å². The van der Waals surface area contributed by atoms with Gasteiger partial charge in [-0.25, -0.2) is 4.98 Å². The van der Waals surface area contributed by atoms with Gasteiger partial charge < -0.3 is 14.2 Å². The Kier molecular flexibility index (Phi) is 3.84. The second kappa shape index (κ2) is 5.77. The summed E-state index contributed by atoms with van der Waals surface area (Å²) in [5.41, 5.74) is 0.945. The first-order valence-corrected chi connectivity index (χ1v) is 7.23. The Bertz CT molecular complexity index is 631. The van der Waals surface area contributed by atoms with Crippen LogP contribution >= 0.6 is 11.6 Å². The fourth-order valence-electron chi connectivity index (χ4n) is 2.37. The molecular weight excluding hydrogens is 290 g/mol. The molecule has 6 heteroatoms. The Morgan fingerprint density at radius 1 is 1.19 bits per heavy atom. The lowest BCUT2D eigenvalue weighted by Crippen LogP contribution is -2.48. The molecule has 1 saturated heterocycles. The van der Waals surface area contributed by atoms with Crippen molar-refractivity contribution in [3.05, 3.63) is 35.5 Å². The van der Waals surface area contributed by atoms with E-state index >= 15 is 0 Å². The lowest BCUT2D eigenvalue weighted by molar-refractivity contribution is -0.129. The molecule has 1 amide bonds.